The Morgan fingerprint density at radius 1 is 0.945 bits per heavy atom. The number of fused-ring (bicyclic) bond motifs is 2. The third-order valence-electron chi connectivity index (χ3n) is 9.44. The highest BCUT2D eigenvalue weighted by molar-refractivity contribution is 7.90. The average molecular weight is 811 g/mol. The van der Waals surface area contributed by atoms with Gasteiger partial charge in [0.25, 0.3) is 10.0 Å². The first-order chi connectivity index (χ1) is 26.1. The van der Waals surface area contributed by atoms with Gasteiger partial charge in [0.15, 0.2) is 5.65 Å². The van der Waals surface area contributed by atoms with Crippen LogP contribution in [0, 0.1) is 12.7 Å². The highest BCUT2D eigenvalue weighted by atomic mass is 35.5. The summed E-state index contributed by atoms with van der Waals surface area (Å²) in [5.74, 6) is 0.951. The molecule has 290 valence electrons. The van der Waals surface area contributed by atoms with Gasteiger partial charge in [0.2, 0.25) is 5.91 Å². The summed E-state index contributed by atoms with van der Waals surface area (Å²) in [5, 5.41) is 15.1. The lowest BCUT2D eigenvalue weighted by molar-refractivity contribution is -0.130. The van der Waals surface area contributed by atoms with Crippen LogP contribution in [0.4, 0.5) is 21.7 Å². The van der Waals surface area contributed by atoms with E-state index in [4.69, 9.17) is 11.6 Å². The minimum Gasteiger partial charge on any atom is -0.376 e. The van der Waals surface area contributed by atoms with E-state index in [0.717, 1.165) is 61.2 Å². The number of aromatic nitrogens is 6. The zero-order valence-electron chi connectivity index (χ0n) is 30.0. The van der Waals surface area contributed by atoms with E-state index in [9.17, 15) is 17.6 Å². The molecule has 2 atom stereocenters. The molecule has 1 amide bonds. The number of nitrogens with zero attached hydrogens (tertiary/aromatic N) is 6. The van der Waals surface area contributed by atoms with Crippen LogP contribution in [0.5, 0.6) is 0 Å². The van der Waals surface area contributed by atoms with Crippen LogP contribution in [0.3, 0.4) is 0 Å². The quantitative estimate of drug-likeness (QED) is 0.119. The van der Waals surface area contributed by atoms with Gasteiger partial charge in [0.1, 0.15) is 35.8 Å². The number of benzene rings is 2. The van der Waals surface area contributed by atoms with Gasteiger partial charge in [-0.05, 0) is 81.6 Å². The van der Waals surface area contributed by atoms with Gasteiger partial charge < -0.3 is 31.2 Å². The molecular weight excluding hydrogens is 768 g/mol. The second kappa shape index (κ2) is 17.6. The lowest BCUT2D eigenvalue weighted by atomic mass is 10.1. The number of piperidine rings is 2. The van der Waals surface area contributed by atoms with E-state index < -0.39 is 15.8 Å². The molecular formula is C37H42Cl2FN11O3S. The van der Waals surface area contributed by atoms with Crippen LogP contribution in [-0.4, -0.2) is 92.9 Å². The summed E-state index contributed by atoms with van der Waals surface area (Å²) in [6.45, 7) is 5.19. The zero-order chi connectivity index (χ0) is 37.7. The maximum atomic E-state index is 13.4. The molecule has 5 N–H and O–H groups in total. The summed E-state index contributed by atoms with van der Waals surface area (Å²) < 4.78 is 40.6. The third-order valence-corrected chi connectivity index (χ3v) is 11.3. The Morgan fingerprint density at radius 2 is 1.69 bits per heavy atom. The fraction of sp³-hybridized carbons (Fsp3) is 0.324. The van der Waals surface area contributed by atoms with Gasteiger partial charge in [-0.3, -0.25) is 4.79 Å². The van der Waals surface area contributed by atoms with Gasteiger partial charge in [-0.15, -0.1) is 12.4 Å². The standard InChI is InChI=1S/C19H20ClFN6O.C18H21N5O2S.ClH/c20-12-6-13(21)8-15(7-12)23-9-17(28)27-5-1-2-14(10-27)26-19-16-3-4-22-18(16)24-11-25-19;1-13-4-6-15(7-5-13)26(24,25)23-10-8-16-17(20-12-21-18(16)23)22-14-3-2-9-19-11-14;/h3-4,6-8,11,14,23H,1-2,5,9-10H2,(H2,22,24,25,26);4-8,10,12,14,19H,2-3,9,11H2,1H3,(H,20,21,22);1H/t2*14-;/m11./s1. The lowest BCUT2D eigenvalue weighted by Crippen LogP contribution is -2.47. The summed E-state index contributed by atoms with van der Waals surface area (Å²) in [7, 11) is -3.70. The lowest BCUT2D eigenvalue weighted by Gasteiger charge is -2.33. The van der Waals surface area contributed by atoms with Crippen molar-refractivity contribution < 1.29 is 17.6 Å². The second-order valence-electron chi connectivity index (χ2n) is 13.4. The fourth-order valence-corrected chi connectivity index (χ4v) is 8.20. The minimum atomic E-state index is -3.70. The molecule has 8 rings (SSSR count). The second-order valence-corrected chi connectivity index (χ2v) is 15.6. The van der Waals surface area contributed by atoms with Gasteiger partial charge in [-0.25, -0.2) is 36.7 Å². The average Bonchev–Trinajstić information content (AvgIpc) is 3.84. The predicted octanol–water partition coefficient (Wildman–Crippen LogP) is 5.83. The number of hydrogen-bond donors (Lipinski definition) is 5. The van der Waals surface area contributed by atoms with E-state index in [0.29, 0.717) is 35.6 Å². The Kier molecular flexibility index (Phi) is 12.7. The highest BCUT2D eigenvalue weighted by Gasteiger charge is 2.25. The van der Waals surface area contributed by atoms with Gasteiger partial charge in [0, 0.05) is 54.8 Å². The molecule has 0 aliphatic carbocycles. The highest BCUT2D eigenvalue weighted by Crippen LogP contribution is 2.26. The number of likely N-dealkylation sites (tertiary alicyclic amines) is 1. The Hall–Kier alpha value is -5.03. The molecule has 2 saturated heterocycles. The third kappa shape index (κ3) is 9.44. The van der Waals surface area contributed by atoms with Gasteiger partial charge in [-0.1, -0.05) is 29.3 Å². The summed E-state index contributed by atoms with van der Waals surface area (Å²) in [5.41, 5.74) is 2.66. The molecule has 2 aliphatic rings. The number of aromatic amines is 1. The summed E-state index contributed by atoms with van der Waals surface area (Å²) in [6, 6.07) is 15.0. The van der Waals surface area contributed by atoms with Crippen LogP contribution in [-0.2, 0) is 14.8 Å². The van der Waals surface area contributed by atoms with Crippen molar-refractivity contribution in [1.29, 1.82) is 0 Å². The van der Waals surface area contributed by atoms with Crippen molar-refractivity contribution in [3.8, 4) is 0 Å². The number of aryl methyl sites for hydroxylation is 1. The number of anilines is 3. The van der Waals surface area contributed by atoms with Crippen LogP contribution in [0.25, 0.3) is 22.1 Å². The summed E-state index contributed by atoms with van der Waals surface area (Å²) in [6.07, 6.45) is 10.3. The predicted molar refractivity (Wildman–Crippen MR) is 215 cm³/mol. The fourth-order valence-electron chi connectivity index (χ4n) is 6.68. The van der Waals surface area contributed by atoms with Gasteiger partial charge >= 0.3 is 0 Å². The molecule has 0 bridgehead atoms. The Labute approximate surface area is 329 Å². The number of carbonyl (C=O) groups is 1. The number of hydrogen-bond acceptors (Lipinski definition) is 11. The van der Waals surface area contributed by atoms with E-state index in [2.05, 4.69) is 46.2 Å². The molecule has 4 aromatic heterocycles. The molecule has 0 unspecified atom stereocenters. The number of halogens is 3. The van der Waals surface area contributed by atoms with Crippen molar-refractivity contribution in [3.63, 3.8) is 0 Å². The Balaban J connectivity index is 0.000000184. The monoisotopic (exact) mass is 809 g/mol. The molecule has 6 aromatic rings. The van der Waals surface area contributed by atoms with Crippen molar-refractivity contribution in [2.24, 2.45) is 0 Å². The molecule has 55 heavy (non-hydrogen) atoms. The van der Waals surface area contributed by atoms with E-state index in [-0.39, 0.29) is 46.9 Å². The number of nitrogens with one attached hydrogen (secondary N) is 5. The van der Waals surface area contributed by atoms with E-state index >= 15 is 0 Å². The van der Waals surface area contributed by atoms with Crippen LogP contribution in [0.15, 0.2) is 84.5 Å². The SMILES string of the molecule is Cc1ccc(S(=O)(=O)n2ccc3c(N[C@@H]4CCCNC4)ncnc32)cc1.Cl.O=C(CNc1cc(F)cc(Cl)c1)N1CCC[C@@H](Nc2ncnc3[nH]ccc23)C1. The molecule has 6 heterocycles. The molecule has 2 aromatic carbocycles. The van der Waals surface area contributed by atoms with Crippen molar-refractivity contribution >= 4 is 79.3 Å². The van der Waals surface area contributed by atoms with E-state index in [1.807, 2.05) is 24.1 Å². The first-order valence-corrected chi connectivity index (χ1v) is 19.6. The molecule has 2 aliphatic heterocycles. The van der Waals surface area contributed by atoms with Crippen molar-refractivity contribution in [2.75, 3.05) is 48.7 Å². The molecule has 0 radical (unpaired) electrons. The molecule has 0 spiro atoms. The smallest absolute Gasteiger partial charge is 0.269 e. The van der Waals surface area contributed by atoms with Crippen LogP contribution in [0.1, 0.15) is 31.2 Å². The van der Waals surface area contributed by atoms with Gasteiger partial charge in [0.05, 0.1) is 22.2 Å². The van der Waals surface area contributed by atoms with Crippen LogP contribution in [0.2, 0.25) is 5.02 Å². The number of carbonyl (C=O) groups excluding carboxylic acids is 1. The van der Waals surface area contributed by atoms with Gasteiger partial charge in [-0.2, -0.15) is 0 Å². The summed E-state index contributed by atoms with van der Waals surface area (Å²) >= 11 is 5.85. The van der Waals surface area contributed by atoms with E-state index in [1.165, 1.54) is 28.8 Å². The number of H-pyrrole nitrogens is 1. The minimum absolute atomic E-state index is 0. The first kappa shape index (κ1) is 39.7. The largest absolute Gasteiger partial charge is 0.376 e. The Bertz CT molecular complexity index is 2330. The van der Waals surface area contributed by atoms with Crippen molar-refractivity contribution in [1.82, 2.24) is 39.1 Å². The maximum absolute atomic E-state index is 13.4. The van der Waals surface area contributed by atoms with Crippen molar-refractivity contribution in [2.45, 2.75) is 49.6 Å². The summed E-state index contributed by atoms with van der Waals surface area (Å²) in [4.78, 5) is 34.8. The molecule has 0 saturated carbocycles. The normalized spacial score (nSPS) is 17.2. The Morgan fingerprint density at radius 3 is 2.45 bits per heavy atom. The van der Waals surface area contributed by atoms with Crippen molar-refractivity contribution in [3.05, 3.63) is 96.0 Å². The number of amides is 1. The molecule has 14 nitrogen and oxygen atoms in total. The van der Waals surface area contributed by atoms with E-state index in [1.54, 1.807) is 42.6 Å². The topological polar surface area (TPSA) is 175 Å². The number of rotatable bonds is 9. The van der Waals surface area contributed by atoms with Crippen LogP contribution >= 0.6 is 24.0 Å². The zero-order valence-corrected chi connectivity index (χ0v) is 32.4. The van der Waals surface area contributed by atoms with Crippen LogP contribution < -0.4 is 21.3 Å². The molecule has 18 heteroatoms. The first-order valence-electron chi connectivity index (χ1n) is 17.8. The maximum Gasteiger partial charge on any atom is 0.269 e. The molecule has 2 fully saturated rings.